The van der Waals surface area contributed by atoms with Crippen molar-refractivity contribution in [1.82, 2.24) is 0 Å². The van der Waals surface area contributed by atoms with Crippen molar-refractivity contribution in [3.8, 4) is 11.5 Å². The molecule has 0 spiro atoms. The number of anilines is 2. The lowest BCUT2D eigenvalue weighted by molar-refractivity contribution is -0.125. The minimum Gasteiger partial charge on any atom is -0.504 e. The third-order valence-corrected chi connectivity index (χ3v) is 11.5. The number of aromatic carboxylic acids is 1. The number of phenols is 1. The molecule has 264 valence electrons. The number of amides is 4. The summed E-state index contributed by atoms with van der Waals surface area (Å²) in [5.74, 6) is -25.0. The Labute approximate surface area is 293 Å². The molecular formula is C34H21Cl2F5N2O8. The smallest absolute Gasteiger partial charge is 0.335 e. The van der Waals surface area contributed by atoms with Crippen LogP contribution in [0.3, 0.4) is 0 Å². The Morgan fingerprint density at radius 1 is 0.863 bits per heavy atom. The van der Waals surface area contributed by atoms with E-state index in [2.05, 4.69) is 0 Å². The molecule has 10 nitrogen and oxygen atoms in total. The van der Waals surface area contributed by atoms with Crippen LogP contribution in [0.2, 0.25) is 0 Å². The summed E-state index contributed by atoms with van der Waals surface area (Å²) in [5.41, 5.74) is -2.35. The summed E-state index contributed by atoms with van der Waals surface area (Å²) < 4.78 is 78.5. The standard InChI is InChI=1S/C34H21Cl2F5N2O8/c1-51-18-7-3-6-16(27(18)44)20-14-8-9-15-19(29(46)42(28(15)45)13-5-2-4-12(10-13)30(47)48)17(14)11-33(35)31(49)43(32(50)34(20,33)36)26-24(40)22(38)21(37)23(39)25(26)41/h2-8,10,15,17,19-20,44H,9,11H2,1H3,(H,47,48)/t15-,17+,19-,20+,33+,34-/m0/s1. The molecule has 7 rings (SSSR count). The van der Waals surface area contributed by atoms with Gasteiger partial charge in [0.1, 0.15) is 5.69 Å². The second kappa shape index (κ2) is 11.5. The van der Waals surface area contributed by atoms with Crippen LogP contribution in [0.15, 0.2) is 54.1 Å². The number of rotatable bonds is 5. The molecule has 0 unspecified atom stereocenters. The molecule has 1 saturated carbocycles. The van der Waals surface area contributed by atoms with E-state index in [9.17, 15) is 47.4 Å². The number of halogens is 7. The van der Waals surface area contributed by atoms with Crippen LogP contribution in [0.25, 0.3) is 0 Å². The van der Waals surface area contributed by atoms with Crippen molar-refractivity contribution < 1.29 is 60.9 Å². The van der Waals surface area contributed by atoms with Gasteiger partial charge in [-0.2, -0.15) is 0 Å². The first kappa shape index (κ1) is 34.4. The fourth-order valence-corrected chi connectivity index (χ4v) is 8.81. The number of phenolic OH excluding ortho intramolecular Hbond substituents is 1. The van der Waals surface area contributed by atoms with Gasteiger partial charge in [0, 0.05) is 11.5 Å². The summed E-state index contributed by atoms with van der Waals surface area (Å²) in [6.45, 7) is 0. The summed E-state index contributed by atoms with van der Waals surface area (Å²) in [4.78, 5) is 63.1. The van der Waals surface area contributed by atoms with Crippen molar-refractivity contribution >= 4 is 64.2 Å². The molecule has 0 bridgehead atoms. The molecule has 4 amide bonds. The van der Waals surface area contributed by atoms with Gasteiger partial charge in [0.2, 0.25) is 17.6 Å². The molecule has 4 aliphatic rings. The van der Waals surface area contributed by atoms with Crippen LogP contribution in [0.4, 0.5) is 33.3 Å². The number of nitrogens with zero attached hydrogens (tertiary/aromatic N) is 2. The van der Waals surface area contributed by atoms with Gasteiger partial charge in [-0.3, -0.25) is 24.1 Å². The fraction of sp³-hybridized carbons (Fsp3) is 0.265. The molecule has 2 saturated heterocycles. The van der Waals surface area contributed by atoms with Gasteiger partial charge in [-0.15, -0.1) is 23.2 Å². The average Bonchev–Trinajstić information content (AvgIpc) is 3.45. The topological polar surface area (TPSA) is 142 Å². The summed E-state index contributed by atoms with van der Waals surface area (Å²) in [7, 11) is 1.20. The van der Waals surface area contributed by atoms with Crippen LogP contribution in [0, 0.1) is 46.8 Å². The lowest BCUT2D eigenvalue weighted by atomic mass is 9.56. The van der Waals surface area contributed by atoms with Crippen LogP contribution in [-0.4, -0.2) is 56.7 Å². The summed E-state index contributed by atoms with van der Waals surface area (Å²) in [5, 5.41) is 20.8. The molecule has 17 heteroatoms. The molecule has 3 aromatic carbocycles. The number of carbonyl (C=O) groups is 5. The Morgan fingerprint density at radius 3 is 2.12 bits per heavy atom. The van der Waals surface area contributed by atoms with Crippen LogP contribution in [0.1, 0.15) is 34.7 Å². The predicted molar refractivity (Wildman–Crippen MR) is 167 cm³/mol. The number of benzene rings is 3. The lowest BCUT2D eigenvalue weighted by Crippen LogP contribution is -2.60. The van der Waals surface area contributed by atoms with Gasteiger partial charge < -0.3 is 14.9 Å². The largest absolute Gasteiger partial charge is 0.504 e. The highest BCUT2D eigenvalue weighted by atomic mass is 35.5. The van der Waals surface area contributed by atoms with Gasteiger partial charge in [0.05, 0.1) is 30.2 Å². The lowest BCUT2D eigenvalue weighted by Gasteiger charge is -2.50. The van der Waals surface area contributed by atoms with Crippen molar-refractivity contribution in [3.63, 3.8) is 0 Å². The molecule has 2 aliphatic carbocycles. The number of hydrogen-bond donors (Lipinski definition) is 2. The first-order valence-electron chi connectivity index (χ1n) is 15.1. The summed E-state index contributed by atoms with van der Waals surface area (Å²) in [6.07, 6.45) is 0.533. The zero-order chi connectivity index (χ0) is 37.1. The minimum atomic E-state index is -2.84. The highest BCUT2D eigenvalue weighted by Crippen LogP contribution is 2.67. The number of aromatic hydroxyl groups is 1. The number of para-hydroxylation sites is 1. The zero-order valence-electron chi connectivity index (χ0n) is 25.7. The van der Waals surface area contributed by atoms with E-state index < -0.39 is 110 Å². The van der Waals surface area contributed by atoms with Crippen molar-refractivity contribution in [1.29, 1.82) is 0 Å². The van der Waals surface area contributed by atoms with Gasteiger partial charge >= 0.3 is 5.97 Å². The molecule has 3 fully saturated rings. The highest BCUT2D eigenvalue weighted by molar-refractivity contribution is 6.58. The molecule has 2 N–H and O–H groups in total. The number of methoxy groups -OCH3 is 1. The second-order valence-corrected chi connectivity index (χ2v) is 13.7. The van der Waals surface area contributed by atoms with Gasteiger partial charge in [-0.05, 0) is 43.0 Å². The van der Waals surface area contributed by atoms with E-state index in [0.29, 0.717) is 0 Å². The number of hydrogen-bond acceptors (Lipinski definition) is 7. The van der Waals surface area contributed by atoms with E-state index in [1.807, 2.05) is 0 Å². The number of carbonyl (C=O) groups excluding carboxylic acids is 4. The van der Waals surface area contributed by atoms with Gasteiger partial charge in [0.15, 0.2) is 44.5 Å². The van der Waals surface area contributed by atoms with E-state index in [-0.39, 0.29) is 39.5 Å². The number of carboxylic acid groups (broad SMARTS) is 1. The van der Waals surface area contributed by atoms with Crippen molar-refractivity contribution in [2.45, 2.75) is 28.5 Å². The van der Waals surface area contributed by atoms with E-state index in [1.54, 1.807) is 0 Å². The molecule has 0 radical (unpaired) electrons. The summed E-state index contributed by atoms with van der Waals surface area (Å²) >= 11 is 14.2. The first-order chi connectivity index (χ1) is 24.0. The monoisotopic (exact) mass is 750 g/mol. The fourth-order valence-electron chi connectivity index (χ4n) is 7.88. The molecule has 6 atom stereocenters. The van der Waals surface area contributed by atoms with E-state index in [0.717, 1.165) is 11.0 Å². The number of alkyl halides is 2. The number of carboxylic acids is 1. The van der Waals surface area contributed by atoms with Gasteiger partial charge in [-0.25, -0.2) is 31.6 Å². The SMILES string of the molecule is COc1cccc([C@H]2C3=CC[C@@H]4C(=O)N(c5cccc(C(=O)O)c5)C(=O)[C@@H]4[C@@H]3C[C@@]3(Cl)C(=O)N(c4c(F)c(F)c(F)c(F)c4F)C(=O)[C@@]23Cl)c1O. The molecule has 51 heavy (non-hydrogen) atoms. The molecule has 2 aliphatic heterocycles. The summed E-state index contributed by atoms with van der Waals surface area (Å²) in [6, 6.07) is 8.96. The average molecular weight is 751 g/mol. The maximum absolute atomic E-state index is 15.2. The molecule has 0 aromatic heterocycles. The van der Waals surface area contributed by atoms with Crippen molar-refractivity contribution in [2.75, 3.05) is 16.9 Å². The van der Waals surface area contributed by atoms with E-state index in [1.165, 1.54) is 49.6 Å². The molecule has 2 heterocycles. The van der Waals surface area contributed by atoms with Crippen LogP contribution in [-0.2, 0) is 19.2 Å². The Bertz CT molecular complexity index is 2150. The van der Waals surface area contributed by atoms with Gasteiger partial charge in [-0.1, -0.05) is 29.8 Å². The maximum Gasteiger partial charge on any atom is 0.335 e. The quantitative estimate of drug-likeness (QED) is 0.0863. The Morgan fingerprint density at radius 2 is 1.49 bits per heavy atom. The number of fused-ring (bicyclic) bond motifs is 4. The Hall–Kier alpha value is -5.02. The van der Waals surface area contributed by atoms with Gasteiger partial charge in [0.25, 0.3) is 11.8 Å². The Balaban J connectivity index is 1.44. The minimum absolute atomic E-state index is 0.0736. The third kappa shape index (κ3) is 4.36. The highest BCUT2D eigenvalue weighted by Gasteiger charge is 2.77. The number of imide groups is 2. The van der Waals surface area contributed by atoms with Crippen LogP contribution in [0.5, 0.6) is 11.5 Å². The normalized spacial score (nSPS) is 28.4. The third-order valence-electron chi connectivity index (χ3n) is 10.1. The van der Waals surface area contributed by atoms with Crippen molar-refractivity contribution in [3.05, 3.63) is 94.3 Å². The molecule has 3 aromatic rings. The Kier molecular flexibility index (Phi) is 7.76. The zero-order valence-corrected chi connectivity index (χ0v) is 27.2. The number of ether oxygens (including phenoxy) is 1. The van der Waals surface area contributed by atoms with Crippen LogP contribution < -0.4 is 14.5 Å². The second-order valence-electron chi connectivity index (χ2n) is 12.5. The van der Waals surface area contributed by atoms with Crippen molar-refractivity contribution in [2.24, 2.45) is 17.8 Å². The maximum atomic E-state index is 15.2. The van der Waals surface area contributed by atoms with E-state index in [4.69, 9.17) is 27.9 Å². The molecular weight excluding hydrogens is 730 g/mol. The number of allylic oxidation sites excluding steroid dienone is 2. The van der Waals surface area contributed by atoms with Crippen LogP contribution >= 0.6 is 23.2 Å². The predicted octanol–water partition coefficient (Wildman–Crippen LogP) is 5.56. The van der Waals surface area contributed by atoms with E-state index >= 15 is 8.78 Å². The first-order valence-corrected chi connectivity index (χ1v) is 15.8.